The van der Waals surface area contributed by atoms with E-state index < -0.39 is 11.1 Å². The van der Waals surface area contributed by atoms with Gasteiger partial charge < -0.3 is 9.47 Å². The molecule has 2 aromatic carbocycles. The zero-order valence-electron chi connectivity index (χ0n) is 17.6. The molecule has 0 bridgehead atoms. The third-order valence-electron chi connectivity index (χ3n) is 4.54. The van der Waals surface area contributed by atoms with E-state index >= 15 is 0 Å². The van der Waals surface area contributed by atoms with Crippen LogP contribution in [-0.4, -0.2) is 29.2 Å². The van der Waals surface area contributed by atoms with Gasteiger partial charge in [-0.15, -0.1) is 13.0 Å². The van der Waals surface area contributed by atoms with Crippen molar-refractivity contribution in [3.63, 3.8) is 0 Å². The van der Waals surface area contributed by atoms with E-state index in [1.807, 2.05) is 13.0 Å². The maximum absolute atomic E-state index is 13.2. The van der Waals surface area contributed by atoms with E-state index in [1.54, 1.807) is 30.4 Å². The van der Waals surface area contributed by atoms with Crippen LogP contribution in [0.25, 0.3) is 6.08 Å². The van der Waals surface area contributed by atoms with Crippen LogP contribution in [0.15, 0.2) is 54.0 Å². The molecule has 2 amide bonds. The normalized spacial score (nSPS) is 14.5. The monoisotopic (exact) mass is 451 g/mol. The summed E-state index contributed by atoms with van der Waals surface area (Å²) in [7, 11) is 0. The van der Waals surface area contributed by atoms with Crippen molar-refractivity contribution in [1.29, 1.82) is 0 Å². The standard InChI is InChI=1S/C25H22FNO4S/c1-4-7-19-13-18(15-22-24(28)27(12-5-2)25(29)32-22)14-21(30-6-3)23(19)31-16-17-8-10-20(26)11-9-17/h2,4,8-11,13-15H,1,6-7,12,16H2,3H3. The van der Waals surface area contributed by atoms with Gasteiger partial charge >= 0.3 is 0 Å². The topological polar surface area (TPSA) is 55.8 Å². The minimum Gasteiger partial charge on any atom is -0.490 e. The molecular weight excluding hydrogens is 429 g/mol. The van der Waals surface area contributed by atoms with Gasteiger partial charge in [0.1, 0.15) is 12.4 Å². The SMILES string of the molecule is C#CCN1C(=O)SC(=Cc2cc(CC=C)c(OCc3ccc(F)cc3)c(OCC)c2)C1=O. The molecule has 0 aliphatic carbocycles. The van der Waals surface area contributed by atoms with Crippen LogP contribution in [0, 0.1) is 18.2 Å². The number of nitrogens with zero attached hydrogens (tertiary/aromatic N) is 1. The van der Waals surface area contributed by atoms with E-state index in [0.29, 0.717) is 30.1 Å². The van der Waals surface area contributed by atoms with Gasteiger partial charge in [0.15, 0.2) is 11.5 Å². The predicted octanol–water partition coefficient (Wildman–Crippen LogP) is 5.20. The fraction of sp³-hybridized carbons (Fsp3) is 0.200. The lowest BCUT2D eigenvalue weighted by molar-refractivity contribution is -0.122. The molecule has 0 radical (unpaired) electrons. The Hall–Kier alpha value is -3.50. The second-order valence-corrected chi connectivity index (χ2v) is 7.81. The van der Waals surface area contributed by atoms with Gasteiger partial charge in [0.2, 0.25) is 0 Å². The zero-order valence-corrected chi connectivity index (χ0v) is 18.4. The number of carbonyl (C=O) groups excluding carboxylic acids is 2. The number of benzene rings is 2. The van der Waals surface area contributed by atoms with E-state index in [2.05, 4.69) is 12.5 Å². The molecule has 0 spiro atoms. The number of carbonyl (C=O) groups is 2. The van der Waals surface area contributed by atoms with Gasteiger partial charge in [-0.2, -0.15) is 0 Å². The Balaban J connectivity index is 1.94. The van der Waals surface area contributed by atoms with Crippen LogP contribution in [0.2, 0.25) is 0 Å². The molecule has 1 saturated heterocycles. The van der Waals surface area contributed by atoms with Crippen molar-refractivity contribution in [3.05, 3.63) is 76.5 Å². The summed E-state index contributed by atoms with van der Waals surface area (Å²) in [5.41, 5.74) is 2.30. The highest BCUT2D eigenvalue weighted by Crippen LogP contribution is 2.37. The summed E-state index contributed by atoms with van der Waals surface area (Å²) < 4.78 is 25.0. The summed E-state index contributed by atoms with van der Waals surface area (Å²) in [5.74, 6) is 2.64. The highest BCUT2D eigenvalue weighted by Gasteiger charge is 2.34. The minimum atomic E-state index is -0.419. The molecule has 3 rings (SSSR count). The third kappa shape index (κ3) is 5.40. The summed E-state index contributed by atoms with van der Waals surface area (Å²) >= 11 is 0.848. The molecule has 32 heavy (non-hydrogen) atoms. The van der Waals surface area contributed by atoms with Gasteiger partial charge in [-0.1, -0.05) is 24.1 Å². The Bertz CT molecular complexity index is 1100. The van der Waals surface area contributed by atoms with E-state index in [9.17, 15) is 14.0 Å². The van der Waals surface area contributed by atoms with Crippen LogP contribution in [0.1, 0.15) is 23.6 Å². The van der Waals surface area contributed by atoms with Gasteiger partial charge in [0, 0.05) is 5.56 Å². The lowest BCUT2D eigenvalue weighted by Gasteiger charge is -2.17. The Morgan fingerprint density at radius 2 is 1.97 bits per heavy atom. The van der Waals surface area contributed by atoms with Crippen molar-refractivity contribution in [2.75, 3.05) is 13.2 Å². The maximum atomic E-state index is 13.2. The molecular formula is C25H22FNO4S. The number of allylic oxidation sites excluding steroid dienone is 1. The molecule has 2 aromatic rings. The molecule has 1 aliphatic heterocycles. The summed E-state index contributed by atoms with van der Waals surface area (Å²) in [6.07, 6.45) is 9.12. The van der Waals surface area contributed by atoms with Crippen LogP contribution in [0.4, 0.5) is 9.18 Å². The van der Waals surface area contributed by atoms with Crippen molar-refractivity contribution in [3.8, 4) is 23.8 Å². The second-order valence-electron chi connectivity index (χ2n) is 6.82. The summed E-state index contributed by atoms with van der Waals surface area (Å²) in [5, 5.41) is -0.394. The average molecular weight is 452 g/mol. The smallest absolute Gasteiger partial charge is 0.294 e. The fourth-order valence-corrected chi connectivity index (χ4v) is 3.95. The lowest BCUT2D eigenvalue weighted by atomic mass is 10.0. The molecule has 1 fully saturated rings. The van der Waals surface area contributed by atoms with Gasteiger partial charge in [-0.05, 0) is 66.6 Å². The summed E-state index contributed by atoms with van der Waals surface area (Å²) in [6.45, 7) is 6.23. The van der Waals surface area contributed by atoms with Gasteiger partial charge in [-0.25, -0.2) is 4.39 Å². The Kier molecular flexibility index (Phi) is 7.74. The van der Waals surface area contributed by atoms with E-state index in [4.69, 9.17) is 15.9 Å². The number of hydrogen-bond donors (Lipinski definition) is 0. The number of hydrogen-bond acceptors (Lipinski definition) is 5. The molecule has 1 heterocycles. The van der Waals surface area contributed by atoms with Gasteiger partial charge in [0.25, 0.3) is 11.1 Å². The van der Waals surface area contributed by atoms with Crippen LogP contribution in [-0.2, 0) is 17.8 Å². The number of thioether (sulfide) groups is 1. The van der Waals surface area contributed by atoms with Crippen LogP contribution < -0.4 is 9.47 Å². The van der Waals surface area contributed by atoms with Gasteiger partial charge in [0.05, 0.1) is 18.1 Å². The molecule has 0 N–H and O–H groups in total. The Labute approximate surface area is 190 Å². The zero-order chi connectivity index (χ0) is 23.1. The second kappa shape index (κ2) is 10.7. The predicted molar refractivity (Wildman–Crippen MR) is 124 cm³/mol. The molecule has 1 aliphatic rings. The lowest BCUT2D eigenvalue weighted by Crippen LogP contribution is -2.28. The molecule has 5 nitrogen and oxygen atoms in total. The van der Waals surface area contributed by atoms with Crippen molar-refractivity contribution < 1.29 is 23.5 Å². The first-order valence-corrected chi connectivity index (χ1v) is 10.7. The molecule has 0 saturated carbocycles. The van der Waals surface area contributed by atoms with Crippen LogP contribution in [0.3, 0.4) is 0 Å². The Morgan fingerprint density at radius 3 is 2.62 bits per heavy atom. The molecule has 0 aromatic heterocycles. The van der Waals surface area contributed by atoms with Gasteiger partial charge in [-0.3, -0.25) is 14.5 Å². The summed E-state index contributed by atoms with van der Waals surface area (Å²) in [4.78, 5) is 25.9. The number of terminal acetylenes is 1. The minimum absolute atomic E-state index is 0.0654. The number of ether oxygens (including phenoxy) is 2. The number of halogens is 1. The fourth-order valence-electron chi connectivity index (χ4n) is 3.12. The molecule has 0 unspecified atom stereocenters. The van der Waals surface area contributed by atoms with E-state index in [1.165, 1.54) is 12.1 Å². The van der Waals surface area contributed by atoms with E-state index in [-0.39, 0.29) is 23.9 Å². The maximum Gasteiger partial charge on any atom is 0.294 e. The molecule has 7 heteroatoms. The van der Waals surface area contributed by atoms with Crippen molar-refractivity contribution >= 4 is 29.0 Å². The third-order valence-corrected chi connectivity index (χ3v) is 5.44. The number of amides is 2. The number of rotatable bonds is 9. The van der Waals surface area contributed by atoms with E-state index in [0.717, 1.165) is 27.8 Å². The largest absolute Gasteiger partial charge is 0.490 e. The van der Waals surface area contributed by atoms with Crippen LogP contribution >= 0.6 is 11.8 Å². The first-order chi connectivity index (χ1) is 15.5. The average Bonchev–Trinajstić information content (AvgIpc) is 3.02. The van der Waals surface area contributed by atoms with Crippen molar-refractivity contribution in [2.24, 2.45) is 0 Å². The Morgan fingerprint density at radius 1 is 1.22 bits per heavy atom. The number of imide groups is 1. The summed E-state index contributed by atoms with van der Waals surface area (Å²) in [6, 6.07) is 9.68. The van der Waals surface area contributed by atoms with Crippen LogP contribution in [0.5, 0.6) is 11.5 Å². The molecule has 0 atom stereocenters. The first-order valence-electron chi connectivity index (χ1n) is 9.93. The van der Waals surface area contributed by atoms with Crippen molar-refractivity contribution in [2.45, 2.75) is 20.0 Å². The molecule has 164 valence electrons. The highest BCUT2D eigenvalue weighted by atomic mass is 32.2. The first kappa shape index (κ1) is 23.2. The quantitative estimate of drug-likeness (QED) is 0.298. The van der Waals surface area contributed by atoms with Crippen molar-refractivity contribution in [1.82, 2.24) is 4.90 Å². The highest BCUT2D eigenvalue weighted by molar-refractivity contribution is 8.18.